The third kappa shape index (κ3) is 6.14. The summed E-state index contributed by atoms with van der Waals surface area (Å²) in [5, 5.41) is 10.0. The van der Waals surface area contributed by atoms with Crippen LogP contribution in [-0.4, -0.2) is 32.2 Å². The van der Waals surface area contributed by atoms with Gasteiger partial charge in [-0.3, -0.25) is 9.36 Å². The smallest absolute Gasteiger partial charge is 0.343 e. The van der Waals surface area contributed by atoms with Gasteiger partial charge in [0, 0.05) is 12.0 Å². The molecule has 1 N–H and O–H groups in total. The zero-order valence-electron chi connectivity index (χ0n) is 22.6. The number of aromatic nitrogens is 2. The van der Waals surface area contributed by atoms with Crippen LogP contribution in [0.25, 0.3) is 28.1 Å². The Hall–Kier alpha value is -4.52. The predicted molar refractivity (Wildman–Crippen MR) is 151 cm³/mol. The van der Waals surface area contributed by atoms with Crippen molar-refractivity contribution >= 4 is 11.9 Å². The molecule has 0 spiro atoms. The number of aromatic carboxylic acids is 1. The molecule has 0 aliphatic carbocycles. The molecule has 1 heterocycles. The number of hydrogen-bond donors (Lipinski definition) is 1. The minimum atomic E-state index is -1.33. The third-order valence-corrected chi connectivity index (χ3v) is 6.15. The Labute approximate surface area is 227 Å². The summed E-state index contributed by atoms with van der Waals surface area (Å²) in [7, 11) is 0. The highest BCUT2D eigenvalue weighted by Crippen LogP contribution is 2.28. The molecule has 0 bridgehead atoms. The molecule has 200 valence electrons. The third-order valence-electron chi connectivity index (χ3n) is 6.15. The van der Waals surface area contributed by atoms with Crippen molar-refractivity contribution < 1.29 is 19.4 Å². The highest BCUT2D eigenvalue weighted by Gasteiger charge is 2.24. The van der Waals surface area contributed by atoms with E-state index in [1.165, 1.54) is 4.57 Å². The van der Waals surface area contributed by atoms with Gasteiger partial charge in [0.1, 0.15) is 11.4 Å². The maximum Gasteiger partial charge on any atom is 0.343 e. The molecule has 0 aliphatic heterocycles. The fraction of sp³-hybridized carbons (Fsp3) is 0.250. The molecule has 0 atom stereocenters. The van der Waals surface area contributed by atoms with Crippen molar-refractivity contribution in [1.29, 1.82) is 0 Å². The van der Waals surface area contributed by atoms with E-state index in [0.29, 0.717) is 34.6 Å². The van der Waals surface area contributed by atoms with Crippen molar-refractivity contribution in [2.45, 2.75) is 52.6 Å². The Morgan fingerprint density at radius 2 is 1.54 bits per heavy atom. The number of esters is 1. The van der Waals surface area contributed by atoms with Crippen LogP contribution in [0.15, 0.2) is 83.7 Å². The van der Waals surface area contributed by atoms with Gasteiger partial charge in [0.2, 0.25) is 0 Å². The average Bonchev–Trinajstić information content (AvgIpc) is 2.91. The van der Waals surface area contributed by atoms with Gasteiger partial charge in [-0.2, -0.15) is 0 Å². The molecular formula is C32H32N2O5. The first-order valence-corrected chi connectivity index (χ1v) is 13.0. The Morgan fingerprint density at radius 1 is 0.897 bits per heavy atom. The number of benzene rings is 3. The van der Waals surface area contributed by atoms with Crippen molar-refractivity contribution in [3.63, 3.8) is 0 Å². The highest BCUT2D eigenvalue weighted by atomic mass is 16.6. The molecule has 4 rings (SSSR count). The number of carbonyl (C=O) groups excluding carboxylic acids is 1. The van der Waals surface area contributed by atoms with Crippen molar-refractivity contribution in [2.24, 2.45) is 0 Å². The Balaban J connectivity index is 1.83. The Kier molecular flexibility index (Phi) is 8.10. The molecule has 3 aromatic carbocycles. The summed E-state index contributed by atoms with van der Waals surface area (Å²) in [6.07, 6.45) is 2.18. The van der Waals surface area contributed by atoms with Gasteiger partial charge in [0.25, 0.3) is 5.56 Å². The number of nitrogens with zero attached hydrogens (tertiary/aromatic N) is 2. The minimum absolute atomic E-state index is 0.165. The van der Waals surface area contributed by atoms with Crippen LogP contribution in [0.5, 0.6) is 0 Å². The monoisotopic (exact) mass is 524 g/mol. The quantitative estimate of drug-likeness (QED) is 0.262. The summed E-state index contributed by atoms with van der Waals surface area (Å²) in [5.74, 6) is -1.26. The summed E-state index contributed by atoms with van der Waals surface area (Å²) in [5.41, 5.74) is 1.48. The SMILES string of the molecule is CCCCc1nc(-c2ccccc2)c(C(=O)O)c(=O)n1-c1ccc(-c2ccccc2C(=O)OC(C)(C)C)cc1. The number of carboxylic acids is 1. The molecule has 0 radical (unpaired) electrons. The molecule has 39 heavy (non-hydrogen) atoms. The van der Waals surface area contributed by atoms with Crippen LogP contribution < -0.4 is 5.56 Å². The van der Waals surface area contributed by atoms with Gasteiger partial charge in [-0.05, 0) is 56.5 Å². The van der Waals surface area contributed by atoms with Crippen molar-refractivity contribution in [3.05, 3.63) is 106 Å². The van der Waals surface area contributed by atoms with Gasteiger partial charge in [-0.25, -0.2) is 14.6 Å². The fourth-order valence-electron chi connectivity index (χ4n) is 4.37. The Bertz CT molecular complexity index is 1550. The van der Waals surface area contributed by atoms with E-state index in [2.05, 4.69) is 0 Å². The molecule has 1 aromatic heterocycles. The molecule has 0 aliphatic rings. The lowest BCUT2D eigenvalue weighted by atomic mass is 9.99. The number of aryl methyl sites for hydroxylation is 1. The molecule has 0 saturated carbocycles. The van der Waals surface area contributed by atoms with E-state index in [9.17, 15) is 19.5 Å². The summed E-state index contributed by atoms with van der Waals surface area (Å²) < 4.78 is 6.97. The maximum absolute atomic E-state index is 13.7. The predicted octanol–water partition coefficient (Wildman–Crippen LogP) is 6.56. The average molecular weight is 525 g/mol. The van der Waals surface area contributed by atoms with Gasteiger partial charge in [0.05, 0.1) is 16.9 Å². The van der Waals surface area contributed by atoms with Crippen molar-refractivity contribution in [2.75, 3.05) is 0 Å². The highest BCUT2D eigenvalue weighted by molar-refractivity contribution is 5.97. The molecule has 7 heteroatoms. The minimum Gasteiger partial charge on any atom is -0.477 e. The van der Waals surface area contributed by atoms with Crippen LogP contribution in [0.2, 0.25) is 0 Å². The number of rotatable bonds is 8. The molecule has 7 nitrogen and oxygen atoms in total. The van der Waals surface area contributed by atoms with Crippen molar-refractivity contribution in [3.8, 4) is 28.1 Å². The number of ether oxygens (including phenoxy) is 1. The second-order valence-corrected chi connectivity index (χ2v) is 10.3. The number of hydrogen-bond acceptors (Lipinski definition) is 5. The van der Waals surface area contributed by atoms with Crippen LogP contribution >= 0.6 is 0 Å². The van der Waals surface area contributed by atoms with Crippen molar-refractivity contribution in [1.82, 2.24) is 9.55 Å². The summed E-state index contributed by atoms with van der Waals surface area (Å²) in [4.78, 5) is 43.5. The van der Waals surface area contributed by atoms with Crippen LogP contribution in [0.1, 0.15) is 67.1 Å². The topological polar surface area (TPSA) is 98.5 Å². The van der Waals surface area contributed by atoms with Gasteiger partial charge in [-0.15, -0.1) is 0 Å². The Morgan fingerprint density at radius 3 is 2.15 bits per heavy atom. The molecule has 4 aromatic rings. The second kappa shape index (κ2) is 11.5. The first kappa shape index (κ1) is 27.5. The first-order valence-electron chi connectivity index (χ1n) is 13.0. The fourth-order valence-corrected chi connectivity index (χ4v) is 4.37. The van der Waals surface area contributed by atoms with Gasteiger partial charge in [-0.1, -0.05) is 74.0 Å². The lowest BCUT2D eigenvalue weighted by molar-refractivity contribution is 0.00702. The zero-order chi connectivity index (χ0) is 28.2. The second-order valence-electron chi connectivity index (χ2n) is 10.3. The zero-order valence-corrected chi connectivity index (χ0v) is 22.6. The van der Waals surface area contributed by atoms with Crippen LogP contribution in [0, 0.1) is 0 Å². The van der Waals surface area contributed by atoms with Crippen LogP contribution in [0.3, 0.4) is 0 Å². The molecule has 0 saturated heterocycles. The van der Waals surface area contributed by atoms with Gasteiger partial charge in [0.15, 0.2) is 5.56 Å². The molecule has 0 fully saturated rings. The van der Waals surface area contributed by atoms with Crippen LogP contribution in [0.4, 0.5) is 0 Å². The lowest BCUT2D eigenvalue weighted by Crippen LogP contribution is -2.30. The van der Waals surface area contributed by atoms with E-state index in [1.54, 1.807) is 60.7 Å². The van der Waals surface area contributed by atoms with Crippen LogP contribution in [-0.2, 0) is 11.2 Å². The van der Waals surface area contributed by atoms with E-state index in [-0.39, 0.29) is 11.3 Å². The summed E-state index contributed by atoms with van der Waals surface area (Å²) in [6.45, 7) is 7.50. The van der Waals surface area contributed by atoms with Gasteiger partial charge < -0.3 is 9.84 Å². The molecule has 0 amide bonds. The molecule has 0 unspecified atom stereocenters. The number of unbranched alkanes of at least 4 members (excludes halogenated alkanes) is 1. The summed E-state index contributed by atoms with van der Waals surface area (Å²) >= 11 is 0. The normalized spacial score (nSPS) is 11.3. The standard InChI is InChI=1S/C32H32N2O5/c1-5-6-16-26-33-28(22-12-8-7-9-13-22)27(30(36)37)29(35)34(26)23-19-17-21(18-20-23)24-14-10-11-15-25(24)31(38)39-32(2,3)4/h7-15,17-20H,5-6,16H2,1-4H3,(H,36,37). The number of carbonyl (C=O) groups is 2. The molecular weight excluding hydrogens is 492 g/mol. The largest absolute Gasteiger partial charge is 0.477 e. The lowest BCUT2D eigenvalue weighted by Gasteiger charge is -2.20. The van der Waals surface area contributed by atoms with E-state index in [0.717, 1.165) is 18.4 Å². The van der Waals surface area contributed by atoms with E-state index >= 15 is 0 Å². The first-order chi connectivity index (χ1) is 18.6. The number of carboxylic acid groups (broad SMARTS) is 1. The summed E-state index contributed by atoms with van der Waals surface area (Å²) in [6, 6.07) is 23.2. The van der Waals surface area contributed by atoms with E-state index < -0.39 is 23.1 Å². The maximum atomic E-state index is 13.7. The van der Waals surface area contributed by atoms with Gasteiger partial charge >= 0.3 is 11.9 Å². The van der Waals surface area contributed by atoms with E-state index in [4.69, 9.17) is 9.72 Å². The van der Waals surface area contributed by atoms with E-state index in [1.807, 2.05) is 45.9 Å².